The molecule has 0 fully saturated rings. The van der Waals surface area contributed by atoms with Crippen LogP contribution in [-0.2, 0) is 14.8 Å². The van der Waals surface area contributed by atoms with Gasteiger partial charge in [0.1, 0.15) is 6.04 Å². The molecule has 1 atom stereocenters. The van der Waals surface area contributed by atoms with E-state index in [9.17, 15) is 23.1 Å². The number of aryl methyl sites for hydroxylation is 1. The lowest BCUT2D eigenvalue weighted by Crippen LogP contribution is -2.44. The summed E-state index contributed by atoms with van der Waals surface area (Å²) < 4.78 is 26.5. The number of carboxylic acids is 1. The summed E-state index contributed by atoms with van der Waals surface area (Å²) in [6.07, 6.45) is 0. The van der Waals surface area contributed by atoms with Crippen molar-refractivity contribution in [1.29, 1.82) is 0 Å². The lowest BCUT2D eigenvalue weighted by Gasteiger charge is -2.21. The lowest BCUT2D eigenvalue weighted by atomic mass is 10.0. The standard InChI is InChI=1S/C17H26N2O5S/c1-6-19(7-2)25(23,24)13-9-8-12(5)14(10-13)16(20)18-15(11(3)4)17(21)22/h8-11,15H,6-7H2,1-5H3,(H,18,20)(H,21,22)/t15-/m0/s1. The average Bonchev–Trinajstić information content (AvgIpc) is 2.52. The number of hydrogen-bond donors (Lipinski definition) is 2. The topological polar surface area (TPSA) is 104 Å². The fourth-order valence-electron chi connectivity index (χ4n) is 2.45. The van der Waals surface area contributed by atoms with E-state index in [4.69, 9.17) is 0 Å². The highest BCUT2D eigenvalue weighted by atomic mass is 32.2. The first-order chi connectivity index (χ1) is 11.6. The number of carboxylic acid groups (broad SMARTS) is 1. The molecular formula is C17H26N2O5S. The molecule has 1 aromatic rings. The van der Waals surface area contributed by atoms with E-state index in [1.807, 2.05) is 0 Å². The maximum absolute atomic E-state index is 12.6. The second-order valence-corrected chi connectivity index (χ2v) is 8.04. The Morgan fingerprint density at radius 3 is 2.20 bits per heavy atom. The van der Waals surface area contributed by atoms with Gasteiger partial charge in [-0.1, -0.05) is 33.8 Å². The van der Waals surface area contributed by atoms with E-state index in [0.29, 0.717) is 18.7 Å². The monoisotopic (exact) mass is 370 g/mol. The van der Waals surface area contributed by atoms with E-state index < -0.39 is 27.9 Å². The zero-order valence-electron chi connectivity index (χ0n) is 15.2. The number of aliphatic carboxylic acids is 1. The van der Waals surface area contributed by atoms with Crippen molar-refractivity contribution in [2.75, 3.05) is 13.1 Å². The fraction of sp³-hybridized carbons (Fsp3) is 0.529. The van der Waals surface area contributed by atoms with Crippen LogP contribution in [0.4, 0.5) is 0 Å². The molecule has 0 aromatic heterocycles. The van der Waals surface area contributed by atoms with Crippen molar-refractivity contribution >= 4 is 21.9 Å². The molecule has 0 heterocycles. The molecule has 1 rings (SSSR count). The zero-order valence-corrected chi connectivity index (χ0v) is 16.1. The Labute approximate surface area is 149 Å². The number of hydrogen-bond acceptors (Lipinski definition) is 4. The molecule has 0 aliphatic rings. The Kier molecular flexibility index (Phi) is 7.13. The van der Waals surface area contributed by atoms with Crippen molar-refractivity contribution < 1.29 is 23.1 Å². The number of benzene rings is 1. The molecule has 0 spiro atoms. The van der Waals surface area contributed by atoms with Gasteiger partial charge in [0.05, 0.1) is 4.90 Å². The molecule has 8 heteroatoms. The van der Waals surface area contributed by atoms with E-state index >= 15 is 0 Å². The van der Waals surface area contributed by atoms with Gasteiger partial charge < -0.3 is 10.4 Å². The van der Waals surface area contributed by atoms with Gasteiger partial charge in [0.25, 0.3) is 5.91 Å². The smallest absolute Gasteiger partial charge is 0.326 e. The molecule has 0 radical (unpaired) electrons. The summed E-state index contributed by atoms with van der Waals surface area (Å²) >= 11 is 0. The first-order valence-corrected chi connectivity index (χ1v) is 9.64. The minimum absolute atomic E-state index is 0.0170. The van der Waals surface area contributed by atoms with E-state index in [1.165, 1.54) is 16.4 Å². The van der Waals surface area contributed by atoms with Crippen molar-refractivity contribution in [2.24, 2.45) is 5.92 Å². The summed E-state index contributed by atoms with van der Waals surface area (Å²) in [5, 5.41) is 11.7. The van der Waals surface area contributed by atoms with Gasteiger partial charge >= 0.3 is 5.97 Å². The van der Waals surface area contributed by atoms with Crippen LogP contribution < -0.4 is 5.32 Å². The number of carbonyl (C=O) groups is 2. The number of amides is 1. The third-order valence-corrected chi connectivity index (χ3v) is 6.06. The van der Waals surface area contributed by atoms with Crippen LogP contribution in [-0.4, -0.2) is 48.8 Å². The first kappa shape index (κ1) is 21.1. The molecule has 7 nitrogen and oxygen atoms in total. The van der Waals surface area contributed by atoms with Gasteiger partial charge in [-0.05, 0) is 30.5 Å². The SMILES string of the molecule is CCN(CC)S(=O)(=O)c1ccc(C)c(C(=O)N[C@H](C(=O)O)C(C)C)c1. The highest BCUT2D eigenvalue weighted by molar-refractivity contribution is 7.89. The highest BCUT2D eigenvalue weighted by Gasteiger charge is 2.27. The first-order valence-electron chi connectivity index (χ1n) is 8.20. The summed E-state index contributed by atoms with van der Waals surface area (Å²) in [6.45, 7) is 9.17. The number of rotatable bonds is 8. The van der Waals surface area contributed by atoms with Crippen LogP contribution in [0.1, 0.15) is 43.6 Å². The molecule has 1 aromatic carbocycles. The summed E-state index contributed by atoms with van der Waals surface area (Å²) in [4.78, 5) is 23.8. The van der Waals surface area contributed by atoms with Gasteiger partial charge in [0.15, 0.2) is 0 Å². The normalized spacial score (nSPS) is 13.1. The molecule has 0 aliphatic heterocycles. The number of nitrogens with one attached hydrogen (secondary N) is 1. The average molecular weight is 370 g/mol. The Morgan fingerprint density at radius 2 is 1.76 bits per heavy atom. The molecule has 0 aliphatic carbocycles. The maximum atomic E-state index is 12.6. The van der Waals surface area contributed by atoms with Crippen molar-refractivity contribution in [1.82, 2.24) is 9.62 Å². The van der Waals surface area contributed by atoms with Gasteiger partial charge in [0.2, 0.25) is 10.0 Å². The van der Waals surface area contributed by atoms with Gasteiger partial charge in [-0.2, -0.15) is 4.31 Å². The summed E-state index contributed by atoms with van der Waals surface area (Å²) in [5.74, 6) is -2.03. The van der Waals surface area contributed by atoms with E-state index in [1.54, 1.807) is 40.7 Å². The predicted octanol–water partition coefficient (Wildman–Crippen LogP) is 1.86. The van der Waals surface area contributed by atoms with Crippen LogP contribution in [0.25, 0.3) is 0 Å². The molecule has 0 bridgehead atoms. The van der Waals surface area contributed by atoms with E-state index in [0.717, 1.165) is 0 Å². The second-order valence-electron chi connectivity index (χ2n) is 6.10. The number of sulfonamides is 1. The quantitative estimate of drug-likeness (QED) is 0.727. The number of nitrogens with zero attached hydrogens (tertiary/aromatic N) is 1. The third kappa shape index (κ3) is 4.79. The van der Waals surface area contributed by atoms with Crippen LogP contribution in [0.2, 0.25) is 0 Å². The van der Waals surface area contributed by atoms with Crippen molar-refractivity contribution in [3.05, 3.63) is 29.3 Å². The number of carbonyl (C=O) groups excluding carboxylic acids is 1. The van der Waals surface area contributed by atoms with Gasteiger partial charge in [-0.3, -0.25) is 4.79 Å². The Bertz CT molecular complexity index is 739. The molecule has 25 heavy (non-hydrogen) atoms. The fourth-order valence-corrected chi connectivity index (χ4v) is 3.94. The largest absolute Gasteiger partial charge is 0.480 e. The molecule has 0 unspecified atom stereocenters. The van der Waals surface area contributed by atoms with Crippen LogP contribution in [0.5, 0.6) is 0 Å². The minimum atomic E-state index is -3.70. The zero-order chi connectivity index (χ0) is 19.4. The molecule has 140 valence electrons. The highest BCUT2D eigenvalue weighted by Crippen LogP contribution is 2.20. The molecular weight excluding hydrogens is 344 g/mol. The van der Waals surface area contributed by atoms with E-state index in [-0.39, 0.29) is 16.4 Å². The van der Waals surface area contributed by atoms with Crippen molar-refractivity contribution in [3.63, 3.8) is 0 Å². The van der Waals surface area contributed by atoms with E-state index in [2.05, 4.69) is 5.32 Å². The van der Waals surface area contributed by atoms with Crippen LogP contribution in [0.3, 0.4) is 0 Å². The van der Waals surface area contributed by atoms with Crippen LogP contribution >= 0.6 is 0 Å². The van der Waals surface area contributed by atoms with Gasteiger partial charge in [0, 0.05) is 18.7 Å². The van der Waals surface area contributed by atoms with Crippen LogP contribution in [0.15, 0.2) is 23.1 Å². The summed E-state index contributed by atoms with van der Waals surface area (Å²) in [7, 11) is -3.70. The maximum Gasteiger partial charge on any atom is 0.326 e. The Morgan fingerprint density at radius 1 is 1.20 bits per heavy atom. The molecule has 1 amide bonds. The van der Waals surface area contributed by atoms with Crippen molar-refractivity contribution in [3.8, 4) is 0 Å². The second kappa shape index (κ2) is 8.44. The molecule has 0 saturated heterocycles. The molecule has 0 saturated carbocycles. The Balaban J connectivity index is 3.26. The van der Waals surface area contributed by atoms with Gasteiger partial charge in [-0.25, -0.2) is 13.2 Å². The minimum Gasteiger partial charge on any atom is -0.480 e. The van der Waals surface area contributed by atoms with Crippen molar-refractivity contribution in [2.45, 2.75) is 45.6 Å². The van der Waals surface area contributed by atoms with Crippen LogP contribution in [0, 0.1) is 12.8 Å². The summed E-state index contributed by atoms with van der Waals surface area (Å²) in [5.41, 5.74) is 0.726. The third-order valence-electron chi connectivity index (χ3n) is 4.02. The lowest BCUT2D eigenvalue weighted by molar-refractivity contribution is -0.140. The predicted molar refractivity (Wildman–Crippen MR) is 95.0 cm³/mol. The summed E-state index contributed by atoms with van der Waals surface area (Å²) in [6, 6.07) is 3.26. The van der Waals surface area contributed by atoms with Gasteiger partial charge in [-0.15, -0.1) is 0 Å². The Hall–Kier alpha value is -1.93. The molecule has 2 N–H and O–H groups in total.